The van der Waals surface area contributed by atoms with Crippen LogP contribution in [0.1, 0.15) is 33.4 Å². The van der Waals surface area contributed by atoms with Crippen LogP contribution in [-0.2, 0) is 12.8 Å². The van der Waals surface area contributed by atoms with Crippen LogP contribution in [0.4, 0.5) is 0 Å². The van der Waals surface area contributed by atoms with E-state index in [9.17, 15) is 0 Å². The van der Waals surface area contributed by atoms with Gasteiger partial charge < -0.3 is 5.32 Å². The average Bonchev–Trinajstić information content (AvgIpc) is 2.43. The lowest BCUT2D eigenvalue weighted by molar-refractivity contribution is 0.554. The van der Waals surface area contributed by atoms with Gasteiger partial charge in [0.25, 0.3) is 0 Å². The lowest BCUT2D eigenvalue weighted by Crippen LogP contribution is -2.30. The molecule has 21 heavy (non-hydrogen) atoms. The molecule has 0 aliphatic carbocycles. The van der Waals surface area contributed by atoms with E-state index in [0.29, 0.717) is 6.04 Å². The van der Waals surface area contributed by atoms with Crippen LogP contribution in [0.3, 0.4) is 0 Å². The molecule has 2 rings (SSSR count). The molecule has 1 nitrogen and oxygen atoms in total. The van der Waals surface area contributed by atoms with Crippen molar-refractivity contribution >= 4 is 0 Å². The topological polar surface area (TPSA) is 12.0 Å². The standard InChI is InChI=1S/C20H27N/c1-14-6-8-18(9-7-14)12-19(21-5)13-20-16(3)10-15(2)11-17(20)4/h6-11,19,21H,12-13H2,1-5H3. The molecule has 1 atom stereocenters. The van der Waals surface area contributed by atoms with Crippen LogP contribution in [0, 0.1) is 27.7 Å². The first-order chi connectivity index (χ1) is 9.99. The molecule has 0 aliphatic rings. The molecular formula is C20H27N. The molecule has 1 unspecified atom stereocenters. The number of likely N-dealkylation sites (N-methyl/N-ethyl adjacent to an activating group) is 1. The fraction of sp³-hybridized carbons (Fsp3) is 0.400. The second-order valence-corrected chi connectivity index (χ2v) is 6.26. The molecule has 0 fully saturated rings. The molecule has 0 saturated heterocycles. The smallest absolute Gasteiger partial charge is 0.0145 e. The summed E-state index contributed by atoms with van der Waals surface area (Å²) in [5, 5.41) is 3.48. The van der Waals surface area contributed by atoms with E-state index in [1.807, 2.05) is 0 Å². The Morgan fingerprint density at radius 1 is 0.810 bits per heavy atom. The van der Waals surface area contributed by atoms with Gasteiger partial charge in [-0.15, -0.1) is 0 Å². The summed E-state index contributed by atoms with van der Waals surface area (Å²) in [5.74, 6) is 0. The highest BCUT2D eigenvalue weighted by molar-refractivity contribution is 5.38. The predicted molar refractivity (Wildman–Crippen MR) is 92.1 cm³/mol. The van der Waals surface area contributed by atoms with Crippen LogP contribution in [0.5, 0.6) is 0 Å². The number of nitrogens with one attached hydrogen (secondary N) is 1. The number of rotatable bonds is 5. The number of hydrogen-bond acceptors (Lipinski definition) is 1. The molecule has 0 aliphatic heterocycles. The van der Waals surface area contributed by atoms with Gasteiger partial charge in [0.1, 0.15) is 0 Å². The third kappa shape index (κ3) is 4.18. The van der Waals surface area contributed by atoms with Crippen molar-refractivity contribution in [1.82, 2.24) is 5.32 Å². The van der Waals surface area contributed by atoms with Crippen LogP contribution in [0.15, 0.2) is 36.4 Å². The van der Waals surface area contributed by atoms with E-state index >= 15 is 0 Å². The molecule has 0 amide bonds. The number of benzene rings is 2. The second-order valence-electron chi connectivity index (χ2n) is 6.26. The SMILES string of the molecule is CNC(Cc1ccc(C)cc1)Cc1c(C)cc(C)cc1C. The van der Waals surface area contributed by atoms with Crippen molar-refractivity contribution in [2.75, 3.05) is 7.05 Å². The summed E-state index contributed by atoms with van der Waals surface area (Å²) in [6.07, 6.45) is 2.16. The van der Waals surface area contributed by atoms with E-state index in [1.165, 1.54) is 33.4 Å². The maximum Gasteiger partial charge on any atom is 0.0145 e. The quantitative estimate of drug-likeness (QED) is 0.862. The normalized spacial score (nSPS) is 12.4. The maximum absolute atomic E-state index is 3.48. The minimum Gasteiger partial charge on any atom is -0.316 e. The molecule has 0 radical (unpaired) electrons. The first-order valence-corrected chi connectivity index (χ1v) is 7.79. The summed E-state index contributed by atoms with van der Waals surface area (Å²) in [7, 11) is 2.07. The van der Waals surface area contributed by atoms with E-state index < -0.39 is 0 Å². The van der Waals surface area contributed by atoms with Crippen LogP contribution >= 0.6 is 0 Å². The molecule has 0 aromatic heterocycles. The van der Waals surface area contributed by atoms with Crippen LogP contribution in [-0.4, -0.2) is 13.1 Å². The first kappa shape index (κ1) is 15.8. The Morgan fingerprint density at radius 2 is 1.38 bits per heavy atom. The molecular weight excluding hydrogens is 254 g/mol. The van der Waals surface area contributed by atoms with Gasteiger partial charge in [-0.2, -0.15) is 0 Å². The lowest BCUT2D eigenvalue weighted by Gasteiger charge is -2.20. The van der Waals surface area contributed by atoms with Crippen molar-refractivity contribution in [2.45, 2.75) is 46.6 Å². The van der Waals surface area contributed by atoms with Gasteiger partial charge >= 0.3 is 0 Å². The highest BCUT2D eigenvalue weighted by Crippen LogP contribution is 2.19. The monoisotopic (exact) mass is 281 g/mol. The van der Waals surface area contributed by atoms with E-state index in [4.69, 9.17) is 0 Å². The Morgan fingerprint density at radius 3 is 1.90 bits per heavy atom. The Hall–Kier alpha value is -1.60. The Labute approximate surface area is 129 Å². The zero-order chi connectivity index (χ0) is 15.4. The van der Waals surface area contributed by atoms with Gasteiger partial charge in [0.05, 0.1) is 0 Å². The van der Waals surface area contributed by atoms with E-state index in [0.717, 1.165) is 12.8 Å². The summed E-state index contributed by atoms with van der Waals surface area (Å²) in [6, 6.07) is 14.0. The zero-order valence-corrected chi connectivity index (χ0v) is 14.0. The van der Waals surface area contributed by atoms with Gasteiger partial charge in [-0.25, -0.2) is 0 Å². The van der Waals surface area contributed by atoms with Gasteiger partial charge in [-0.05, 0) is 69.8 Å². The average molecular weight is 281 g/mol. The molecule has 0 spiro atoms. The van der Waals surface area contributed by atoms with Crippen molar-refractivity contribution < 1.29 is 0 Å². The molecule has 1 N–H and O–H groups in total. The van der Waals surface area contributed by atoms with Gasteiger partial charge in [-0.1, -0.05) is 47.5 Å². The Balaban J connectivity index is 2.14. The van der Waals surface area contributed by atoms with Crippen molar-refractivity contribution in [3.63, 3.8) is 0 Å². The van der Waals surface area contributed by atoms with Crippen LogP contribution in [0.2, 0.25) is 0 Å². The zero-order valence-electron chi connectivity index (χ0n) is 14.0. The summed E-state index contributed by atoms with van der Waals surface area (Å²) >= 11 is 0. The van der Waals surface area contributed by atoms with Crippen molar-refractivity contribution in [1.29, 1.82) is 0 Å². The minimum absolute atomic E-state index is 0.479. The third-order valence-corrected chi connectivity index (χ3v) is 4.30. The predicted octanol–water partition coefficient (Wildman–Crippen LogP) is 4.29. The second kappa shape index (κ2) is 6.91. The van der Waals surface area contributed by atoms with Crippen molar-refractivity contribution in [2.24, 2.45) is 0 Å². The van der Waals surface area contributed by atoms with E-state index in [-0.39, 0.29) is 0 Å². The number of aryl methyl sites for hydroxylation is 4. The highest BCUT2D eigenvalue weighted by Gasteiger charge is 2.12. The Bertz CT molecular complexity index is 573. The van der Waals surface area contributed by atoms with Crippen LogP contribution in [0.25, 0.3) is 0 Å². The third-order valence-electron chi connectivity index (χ3n) is 4.30. The molecule has 2 aromatic carbocycles. The van der Waals surface area contributed by atoms with Gasteiger partial charge in [0, 0.05) is 6.04 Å². The molecule has 0 bridgehead atoms. The Kier molecular flexibility index (Phi) is 5.19. The molecule has 1 heteroatoms. The molecule has 0 saturated carbocycles. The summed E-state index contributed by atoms with van der Waals surface area (Å²) < 4.78 is 0. The van der Waals surface area contributed by atoms with Gasteiger partial charge in [0.2, 0.25) is 0 Å². The van der Waals surface area contributed by atoms with E-state index in [2.05, 4.69) is 76.5 Å². The van der Waals surface area contributed by atoms with Gasteiger partial charge in [0.15, 0.2) is 0 Å². The summed E-state index contributed by atoms with van der Waals surface area (Å²) in [6.45, 7) is 8.77. The maximum atomic E-state index is 3.48. The van der Waals surface area contributed by atoms with Crippen molar-refractivity contribution in [3.8, 4) is 0 Å². The fourth-order valence-corrected chi connectivity index (χ4v) is 3.06. The van der Waals surface area contributed by atoms with Crippen LogP contribution < -0.4 is 5.32 Å². The fourth-order valence-electron chi connectivity index (χ4n) is 3.06. The van der Waals surface area contributed by atoms with Crippen molar-refractivity contribution in [3.05, 3.63) is 69.8 Å². The minimum atomic E-state index is 0.479. The first-order valence-electron chi connectivity index (χ1n) is 7.79. The number of hydrogen-bond donors (Lipinski definition) is 1. The summed E-state index contributed by atoms with van der Waals surface area (Å²) in [5.41, 5.74) is 8.40. The van der Waals surface area contributed by atoms with E-state index in [1.54, 1.807) is 0 Å². The van der Waals surface area contributed by atoms with Gasteiger partial charge in [-0.3, -0.25) is 0 Å². The highest BCUT2D eigenvalue weighted by atomic mass is 14.9. The molecule has 2 aromatic rings. The lowest BCUT2D eigenvalue weighted by atomic mass is 9.92. The largest absolute Gasteiger partial charge is 0.316 e. The molecule has 0 heterocycles. The molecule has 112 valence electrons. The summed E-state index contributed by atoms with van der Waals surface area (Å²) in [4.78, 5) is 0.